The van der Waals surface area contributed by atoms with Crippen molar-refractivity contribution in [3.63, 3.8) is 0 Å². The SMILES string of the molecule is CCCCCCCCCCNCCN(CCCCCCCCCC)CCN(CCN1CCN(C)CC1)CC(O)CCCCCCCCCC. The molecule has 1 unspecified atom stereocenters. The van der Waals surface area contributed by atoms with Gasteiger partial charge in [-0.05, 0) is 39.4 Å². The van der Waals surface area contributed by atoms with Gasteiger partial charge in [-0.3, -0.25) is 9.80 Å². The van der Waals surface area contributed by atoms with Gasteiger partial charge in [-0.1, -0.05) is 162 Å². The molecule has 0 amide bonds. The van der Waals surface area contributed by atoms with Crippen LogP contribution in [0.5, 0.6) is 0 Å². The van der Waals surface area contributed by atoms with Crippen molar-refractivity contribution in [2.24, 2.45) is 0 Å². The Morgan fingerprint density at radius 1 is 0.490 bits per heavy atom. The number of hydrogen-bond acceptors (Lipinski definition) is 6. The molecule has 0 bridgehead atoms. The highest BCUT2D eigenvalue weighted by Gasteiger charge is 2.18. The van der Waals surface area contributed by atoms with Crippen LogP contribution in [0.3, 0.4) is 0 Å². The van der Waals surface area contributed by atoms with Crippen molar-refractivity contribution in [1.82, 2.24) is 24.9 Å². The summed E-state index contributed by atoms with van der Waals surface area (Å²) in [4.78, 5) is 10.5. The summed E-state index contributed by atoms with van der Waals surface area (Å²) in [6.45, 7) is 21.5. The smallest absolute Gasteiger partial charge is 0.0667 e. The van der Waals surface area contributed by atoms with Crippen LogP contribution in [0.4, 0.5) is 0 Å². The molecule has 0 aliphatic carbocycles. The molecule has 1 aliphatic rings. The van der Waals surface area contributed by atoms with E-state index in [2.05, 4.69) is 52.7 Å². The van der Waals surface area contributed by atoms with Crippen LogP contribution in [-0.4, -0.2) is 123 Å². The Kier molecular flexibility index (Phi) is 34.5. The lowest BCUT2D eigenvalue weighted by Crippen LogP contribution is -2.48. The molecule has 294 valence electrons. The first-order chi connectivity index (χ1) is 24.1. The average molecular weight is 694 g/mol. The van der Waals surface area contributed by atoms with E-state index in [9.17, 15) is 5.11 Å². The Balaban J connectivity index is 2.53. The molecule has 1 rings (SSSR count). The fraction of sp³-hybridized carbons (Fsp3) is 1.00. The number of hydrogen-bond donors (Lipinski definition) is 2. The zero-order valence-electron chi connectivity index (χ0n) is 34.2. The van der Waals surface area contributed by atoms with E-state index in [0.717, 1.165) is 52.2 Å². The molecule has 0 aromatic carbocycles. The van der Waals surface area contributed by atoms with Crippen LogP contribution in [0.2, 0.25) is 0 Å². The van der Waals surface area contributed by atoms with Gasteiger partial charge in [0.2, 0.25) is 0 Å². The van der Waals surface area contributed by atoms with Crippen molar-refractivity contribution in [2.45, 2.75) is 187 Å². The Morgan fingerprint density at radius 2 is 0.959 bits per heavy atom. The first-order valence-corrected chi connectivity index (χ1v) is 22.3. The van der Waals surface area contributed by atoms with Crippen molar-refractivity contribution >= 4 is 0 Å². The van der Waals surface area contributed by atoms with E-state index in [1.165, 1.54) is 193 Å². The van der Waals surface area contributed by atoms with E-state index in [4.69, 9.17) is 0 Å². The molecule has 2 N–H and O–H groups in total. The maximum Gasteiger partial charge on any atom is 0.0667 e. The maximum absolute atomic E-state index is 11.1. The molecule has 0 aromatic rings. The van der Waals surface area contributed by atoms with Gasteiger partial charge >= 0.3 is 0 Å². The third kappa shape index (κ3) is 31.0. The molecular formula is C43H91N5O. The third-order valence-corrected chi connectivity index (χ3v) is 11.1. The van der Waals surface area contributed by atoms with Gasteiger partial charge in [0.15, 0.2) is 0 Å². The number of nitrogens with zero attached hydrogens (tertiary/aromatic N) is 4. The van der Waals surface area contributed by atoms with Crippen molar-refractivity contribution in [3.8, 4) is 0 Å². The third-order valence-electron chi connectivity index (χ3n) is 11.1. The van der Waals surface area contributed by atoms with Crippen LogP contribution in [0.1, 0.15) is 181 Å². The zero-order valence-corrected chi connectivity index (χ0v) is 34.2. The van der Waals surface area contributed by atoms with E-state index in [1.54, 1.807) is 0 Å². The molecule has 6 nitrogen and oxygen atoms in total. The molecule has 1 heterocycles. The highest BCUT2D eigenvalue weighted by Crippen LogP contribution is 2.13. The van der Waals surface area contributed by atoms with Gasteiger partial charge in [-0.15, -0.1) is 0 Å². The lowest BCUT2D eigenvalue weighted by Gasteiger charge is -2.35. The van der Waals surface area contributed by atoms with Crippen LogP contribution in [0.25, 0.3) is 0 Å². The van der Waals surface area contributed by atoms with Crippen molar-refractivity contribution in [3.05, 3.63) is 0 Å². The summed E-state index contributed by atoms with van der Waals surface area (Å²) in [6.07, 6.45) is 33.7. The quantitative estimate of drug-likeness (QED) is 0.0629. The molecule has 1 atom stereocenters. The van der Waals surface area contributed by atoms with E-state index in [1.807, 2.05) is 0 Å². The Labute approximate surface area is 308 Å². The van der Waals surface area contributed by atoms with Gasteiger partial charge in [0.05, 0.1) is 6.10 Å². The number of rotatable bonds is 38. The predicted octanol–water partition coefficient (Wildman–Crippen LogP) is 9.60. The number of likely N-dealkylation sites (N-methyl/N-ethyl adjacent to an activating group) is 1. The molecule has 1 aliphatic heterocycles. The number of piperazine rings is 1. The van der Waals surface area contributed by atoms with Crippen LogP contribution < -0.4 is 5.32 Å². The highest BCUT2D eigenvalue weighted by molar-refractivity contribution is 4.74. The minimum Gasteiger partial charge on any atom is -0.392 e. The summed E-state index contributed by atoms with van der Waals surface area (Å²) >= 11 is 0. The second-order valence-electron chi connectivity index (χ2n) is 15.9. The minimum atomic E-state index is -0.193. The Bertz CT molecular complexity index is 644. The largest absolute Gasteiger partial charge is 0.392 e. The molecule has 0 saturated carbocycles. The van der Waals surface area contributed by atoms with Crippen molar-refractivity contribution in [2.75, 3.05) is 92.1 Å². The molecule has 0 radical (unpaired) electrons. The first kappa shape index (κ1) is 46.8. The summed E-state index contributed by atoms with van der Waals surface area (Å²) in [5.74, 6) is 0. The van der Waals surface area contributed by atoms with E-state index >= 15 is 0 Å². The maximum atomic E-state index is 11.1. The lowest BCUT2D eigenvalue weighted by molar-refractivity contribution is 0.0805. The van der Waals surface area contributed by atoms with E-state index in [-0.39, 0.29) is 6.10 Å². The standard InChI is InChI=1S/C43H91N5O/c1-5-8-11-14-17-20-23-26-29-43(49)42-48(41-39-47-36-34-45(4)35-37-47)40-38-46(32-28-25-22-19-16-13-10-7-3)33-31-44-30-27-24-21-18-15-12-9-6-2/h43-44,49H,5-42H2,1-4H3. The van der Waals surface area contributed by atoms with E-state index < -0.39 is 0 Å². The van der Waals surface area contributed by atoms with Crippen LogP contribution in [0, 0.1) is 0 Å². The highest BCUT2D eigenvalue weighted by atomic mass is 16.3. The fourth-order valence-electron chi connectivity index (χ4n) is 7.39. The van der Waals surface area contributed by atoms with Gasteiger partial charge in [0.25, 0.3) is 0 Å². The summed E-state index contributed by atoms with van der Waals surface area (Å²) in [6, 6.07) is 0. The Hall–Kier alpha value is -0.240. The van der Waals surface area contributed by atoms with Gasteiger partial charge in [0, 0.05) is 72.0 Å². The van der Waals surface area contributed by atoms with Gasteiger partial charge in [-0.2, -0.15) is 0 Å². The van der Waals surface area contributed by atoms with Gasteiger partial charge < -0.3 is 20.2 Å². The lowest BCUT2D eigenvalue weighted by atomic mass is 10.1. The number of aliphatic hydroxyl groups excluding tert-OH is 1. The van der Waals surface area contributed by atoms with Crippen LogP contribution >= 0.6 is 0 Å². The molecule has 0 aromatic heterocycles. The van der Waals surface area contributed by atoms with Crippen LogP contribution in [0.15, 0.2) is 0 Å². The number of nitrogens with one attached hydrogen (secondary N) is 1. The first-order valence-electron chi connectivity index (χ1n) is 22.3. The summed E-state index contributed by atoms with van der Waals surface area (Å²) in [5.41, 5.74) is 0. The summed E-state index contributed by atoms with van der Waals surface area (Å²) in [5, 5.41) is 14.9. The minimum absolute atomic E-state index is 0.193. The summed E-state index contributed by atoms with van der Waals surface area (Å²) in [7, 11) is 2.25. The van der Waals surface area contributed by atoms with E-state index in [0.29, 0.717) is 0 Å². The van der Waals surface area contributed by atoms with Crippen LogP contribution in [-0.2, 0) is 0 Å². The second-order valence-corrected chi connectivity index (χ2v) is 15.9. The van der Waals surface area contributed by atoms with Gasteiger partial charge in [0.1, 0.15) is 0 Å². The van der Waals surface area contributed by atoms with Crippen molar-refractivity contribution < 1.29 is 5.11 Å². The molecule has 1 fully saturated rings. The molecule has 0 spiro atoms. The summed E-state index contributed by atoms with van der Waals surface area (Å²) < 4.78 is 0. The zero-order chi connectivity index (χ0) is 35.5. The van der Waals surface area contributed by atoms with Crippen molar-refractivity contribution in [1.29, 1.82) is 0 Å². The normalized spacial score (nSPS) is 15.2. The van der Waals surface area contributed by atoms with Gasteiger partial charge in [-0.25, -0.2) is 0 Å². The fourth-order valence-corrected chi connectivity index (χ4v) is 7.39. The number of aliphatic hydroxyl groups is 1. The predicted molar refractivity (Wildman–Crippen MR) is 218 cm³/mol. The molecule has 6 heteroatoms. The molecule has 49 heavy (non-hydrogen) atoms. The molecule has 1 saturated heterocycles. The Morgan fingerprint density at radius 3 is 1.51 bits per heavy atom. The molecular weight excluding hydrogens is 603 g/mol. The monoisotopic (exact) mass is 694 g/mol. The average Bonchev–Trinajstić information content (AvgIpc) is 3.10. The number of unbranched alkanes of at least 4 members (excludes halogenated alkanes) is 21. The topological polar surface area (TPSA) is 45.2 Å². The second kappa shape index (κ2) is 36.1.